The molecule has 0 spiro atoms. The van der Waals surface area contributed by atoms with Crippen LogP contribution in [0.15, 0.2) is 88.4 Å². The summed E-state index contributed by atoms with van der Waals surface area (Å²) in [5.74, 6) is 1.86. The van der Waals surface area contributed by atoms with E-state index in [2.05, 4.69) is 9.71 Å². The van der Waals surface area contributed by atoms with Crippen LogP contribution in [-0.4, -0.2) is 26.6 Å². The number of sulfonamides is 1. The van der Waals surface area contributed by atoms with Crippen LogP contribution in [0.4, 0.5) is 5.69 Å². The quantitative estimate of drug-likeness (QED) is 0.365. The summed E-state index contributed by atoms with van der Waals surface area (Å²) in [5, 5.41) is 0. The van der Waals surface area contributed by atoms with Gasteiger partial charge in [0.25, 0.3) is 10.0 Å². The minimum atomic E-state index is -3.71. The van der Waals surface area contributed by atoms with Crippen LogP contribution in [0.5, 0.6) is 11.5 Å². The van der Waals surface area contributed by atoms with E-state index < -0.39 is 10.0 Å². The molecule has 0 bridgehead atoms. The van der Waals surface area contributed by atoms with Crippen LogP contribution in [-0.2, 0) is 10.0 Å². The third-order valence-electron chi connectivity index (χ3n) is 4.78. The van der Waals surface area contributed by atoms with Crippen molar-refractivity contribution < 1.29 is 22.3 Å². The number of hydrogen-bond donors (Lipinski definition) is 1. The number of rotatable bonds is 8. The summed E-state index contributed by atoms with van der Waals surface area (Å²) >= 11 is 0. The second kappa shape index (κ2) is 9.38. The Labute approximate surface area is 193 Å². The van der Waals surface area contributed by atoms with E-state index in [1.165, 1.54) is 19.2 Å². The molecule has 3 aromatic carbocycles. The topological polar surface area (TPSA) is 90.7 Å². The van der Waals surface area contributed by atoms with Crippen LogP contribution in [0.2, 0.25) is 0 Å². The summed E-state index contributed by atoms with van der Waals surface area (Å²) in [7, 11) is -2.18. The zero-order chi connectivity index (χ0) is 23.4. The molecule has 0 fully saturated rings. The molecule has 7 nitrogen and oxygen atoms in total. The lowest BCUT2D eigenvalue weighted by molar-refractivity contribution is 0.242. The van der Waals surface area contributed by atoms with Crippen LogP contribution < -0.4 is 14.2 Å². The van der Waals surface area contributed by atoms with E-state index in [1.54, 1.807) is 42.7 Å². The van der Waals surface area contributed by atoms with Crippen molar-refractivity contribution in [3.05, 3.63) is 79.1 Å². The maximum absolute atomic E-state index is 12.6. The fraction of sp³-hybridized carbons (Fsp3) is 0.160. The van der Waals surface area contributed by atoms with Gasteiger partial charge in [-0.3, -0.25) is 4.72 Å². The average Bonchev–Trinajstić information content (AvgIpc) is 3.30. The van der Waals surface area contributed by atoms with Crippen molar-refractivity contribution in [3.63, 3.8) is 0 Å². The molecule has 0 amide bonds. The predicted molar refractivity (Wildman–Crippen MR) is 127 cm³/mol. The monoisotopic (exact) mass is 464 g/mol. The number of oxazole rings is 1. The minimum absolute atomic E-state index is 0.104. The van der Waals surface area contributed by atoms with E-state index in [0.29, 0.717) is 23.0 Å². The Morgan fingerprint density at radius 1 is 0.848 bits per heavy atom. The van der Waals surface area contributed by atoms with E-state index >= 15 is 0 Å². The van der Waals surface area contributed by atoms with Crippen molar-refractivity contribution in [2.75, 3.05) is 11.8 Å². The summed E-state index contributed by atoms with van der Waals surface area (Å²) in [6, 6.07) is 20.7. The molecule has 0 radical (unpaired) electrons. The average molecular weight is 465 g/mol. The molecule has 0 aliphatic carbocycles. The van der Waals surface area contributed by atoms with E-state index in [0.717, 1.165) is 16.9 Å². The summed E-state index contributed by atoms with van der Waals surface area (Å²) in [6.45, 7) is 3.95. The lowest BCUT2D eigenvalue weighted by atomic mass is 10.1. The van der Waals surface area contributed by atoms with Crippen molar-refractivity contribution in [3.8, 4) is 34.2 Å². The summed E-state index contributed by atoms with van der Waals surface area (Å²) < 4.78 is 44.2. The highest BCUT2D eigenvalue weighted by atomic mass is 32.2. The Kier molecular flexibility index (Phi) is 6.37. The SMILES string of the molecule is COc1ccc(S(=O)(=O)Nc2ccc(-c3coc(-c4ccc(OC(C)C)cc4)n3)cc2)cc1. The Hall–Kier alpha value is -3.78. The molecule has 1 N–H and O–H groups in total. The minimum Gasteiger partial charge on any atom is -0.497 e. The number of aromatic nitrogens is 1. The zero-order valence-electron chi connectivity index (χ0n) is 18.5. The first kappa shape index (κ1) is 22.4. The molecular weight excluding hydrogens is 440 g/mol. The standard InChI is InChI=1S/C25H24N2O5S/c1-17(2)32-22-10-6-19(7-11-22)25-26-24(16-31-25)18-4-8-20(9-5-18)27-33(28,29)23-14-12-21(30-3)13-15-23/h4-17,27H,1-3H3. The van der Waals surface area contributed by atoms with Crippen LogP contribution in [0.3, 0.4) is 0 Å². The van der Waals surface area contributed by atoms with Crippen LogP contribution in [0.1, 0.15) is 13.8 Å². The van der Waals surface area contributed by atoms with Crippen molar-refractivity contribution in [1.82, 2.24) is 4.98 Å². The largest absolute Gasteiger partial charge is 0.497 e. The van der Waals surface area contributed by atoms with Gasteiger partial charge in [0.2, 0.25) is 5.89 Å². The Morgan fingerprint density at radius 2 is 1.45 bits per heavy atom. The number of nitrogens with zero attached hydrogens (tertiary/aromatic N) is 1. The van der Waals surface area contributed by atoms with E-state index in [1.807, 2.05) is 38.1 Å². The number of methoxy groups -OCH3 is 1. The lowest BCUT2D eigenvalue weighted by Crippen LogP contribution is -2.12. The molecule has 170 valence electrons. The van der Waals surface area contributed by atoms with Gasteiger partial charge in [-0.05, 0) is 74.5 Å². The molecule has 0 saturated carbocycles. The van der Waals surface area contributed by atoms with Crippen LogP contribution in [0.25, 0.3) is 22.7 Å². The summed E-state index contributed by atoms with van der Waals surface area (Å²) in [6.07, 6.45) is 1.68. The molecule has 1 heterocycles. The van der Waals surface area contributed by atoms with Gasteiger partial charge in [0.05, 0.1) is 18.1 Å². The van der Waals surface area contributed by atoms with Crippen molar-refractivity contribution in [2.24, 2.45) is 0 Å². The van der Waals surface area contributed by atoms with Gasteiger partial charge in [0.1, 0.15) is 23.5 Å². The second-order valence-electron chi connectivity index (χ2n) is 7.59. The first-order valence-electron chi connectivity index (χ1n) is 10.3. The molecule has 33 heavy (non-hydrogen) atoms. The third kappa shape index (κ3) is 5.35. The Morgan fingerprint density at radius 3 is 2.06 bits per heavy atom. The van der Waals surface area contributed by atoms with Gasteiger partial charge in [-0.15, -0.1) is 0 Å². The van der Waals surface area contributed by atoms with Crippen molar-refractivity contribution >= 4 is 15.7 Å². The van der Waals surface area contributed by atoms with Crippen molar-refractivity contribution in [1.29, 1.82) is 0 Å². The zero-order valence-corrected chi connectivity index (χ0v) is 19.3. The normalized spacial score (nSPS) is 11.4. The maximum Gasteiger partial charge on any atom is 0.261 e. The van der Waals surface area contributed by atoms with Gasteiger partial charge in [-0.25, -0.2) is 13.4 Å². The fourth-order valence-corrected chi connectivity index (χ4v) is 4.22. The van der Waals surface area contributed by atoms with Gasteiger partial charge < -0.3 is 13.9 Å². The number of benzene rings is 3. The molecule has 0 saturated heterocycles. The van der Waals surface area contributed by atoms with E-state index in [9.17, 15) is 8.42 Å². The molecule has 0 atom stereocenters. The van der Waals surface area contributed by atoms with Gasteiger partial charge in [-0.1, -0.05) is 12.1 Å². The smallest absolute Gasteiger partial charge is 0.261 e. The molecule has 8 heteroatoms. The van der Waals surface area contributed by atoms with E-state index in [4.69, 9.17) is 13.9 Å². The lowest BCUT2D eigenvalue weighted by Gasteiger charge is -2.09. The van der Waals surface area contributed by atoms with E-state index in [-0.39, 0.29) is 11.0 Å². The first-order valence-corrected chi connectivity index (χ1v) is 11.8. The Balaban J connectivity index is 1.47. The first-order chi connectivity index (χ1) is 15.8. The van der Waals surface area contributed by atoms with Crippen molar-refractivity contribution in [2.45, 2.75) is 24.8 Å². The molecule has 4 rings (SSSR count). The molecule has 4 aromatic rings. The maximum atomic E-state index is 12.6. The molecule has 1 aromatic heterocycles. The second-order valence-corrected chi connectivity index (χ2v) is 9.27. The van der Waals surface area contributed by atoms with Gasteiger partial charge in [0.15, 0.2) is 0 Å². The van der Waals surface area contributed by atoms with Gasteiger partial charge >= 0.3 is 0 Å². The van der Waals surface area contributed by atoms with Crippen LogP contribution >= 0.6 is 0 Å². The van der Waals surface area contributed by atoms with Crippen LogP contribution in [0, 0.1) is 0 Å². The molecular formula is C25H24N2O5S. The molecule has 0 aliphatic rings. The molecule has 0 unspecified atom stereocenters. The number of anilines is 1. The van der Waals surface area contributed by atoms with Gasteiger partial charge in [-0.2, -0.15) is 0 Å². The highest BCUT2D eigenvalue weighted by molar-refractivity contribution is 7.92. The summed E-state index contributed by atoms with van der Waals surface area (Å²) in [4.78, 5) is 4.70. The molecule has 0 aliphatic heterocycles. The predicted octanol–water partition coefficient (Wildman–Crippen LogP) is 5.61. The van der Waals surface area contributed by atoms with Gasteiger partial charge in [0, 0.05) is 16.8 Å². The number of nitrogens with one attached hydrogen (secondary N) is 1. The summed E-state index contributed by atoms with van der Waals surface area (Å²) in [5.41, 5.74) is 2.73. The Bertz CT molecular complexity index is 1310. The third-order valence-corrected chi connectivity index (χ3v) is 6.18. The fourth-order valence-electron chi connectivity index (χ4n) is 3.17. The number of hydrogen-bond acceptors (Lipinski definition) is 6. The highest BCUT2D eigenvalue weighted by Gasteiger charge is 2.15. The number of ether oxygens (including phenoxy) is 2. The highest BCUT2D eigenvalue weighted by Crippen LogP contribution is 2.28.